The first-order valence-corrected chi connectivity index (χ1v) is 3.87. The van der Waals surface area contributed by atoms with E-state index in [-0.39, 0.29) is 12.3 Å². The molecule has 12 heavy (non-hydrogen) atoms. The Morgan fingerprint density at radius 3 is 3.17 bits per heavy atom. The highest BCUT2D eigenvalue weighted by Crippen LogP contribution is 2.06. The summed E-state index contributed by atoms with van der Waals surface area (Å²) in [6.07, 6.45) is -1.76. The van der Waals surface area contributed by atoms with Gasteiger partial charge in [-0.15, -0.1) is 0 Å². The maximum absolute atomic E-state index is 11.8. The highest BCUT2D eigenvalue weighted by atomic mass is 19.1. The van der Waals surface area contributed by atoms with Crippen molar-refractivity contribution in [3.63, 3.8) is 0 Å². The molecule has 0 aromatic heterocycles. The molecule has 0 spiro atoms. The van der Waals surface area contributed by atoms with Crippen LogP contribution in [0.1, 0.15) is 6.42 Å². The van der Waals surface area contributed by atoms with Crippen molar-refractivity contribution in [2.75, 3.05) is 19.8 Å². The summed E-state index contributed by atoms with van der Waals surface area (Å²) in [7, 11) is 0. The first kappa shape index (κ1) is 9.41. The van der Waals surface area contributed by atoms with Gasteiger partial charge in [-0.3, -0.25) is 4.79 Å². The molecular formula is C7H12FNO3. The second-order valence-corrected chi connectivity index (χ2v) is 2.69. The Morgan fingerprint density at radius 1 is 1.83 bits per heavy atom. The van der Waals surface area contributed by atoms with E-state index >= 15 is 0 Å². The number of amides is 1. The zero-order valence-electron chi connectivity index (χ0n) is 6.62. The van der Waals surface area contributed by atoms with Crippen molar-refractivity contribution >= 4 is 5.91 Å². The summed E-state index contributed by atoms with van der Waals surface area (Å²) in [4.78, 5) is 11.0. The van der Waals surface area contributed by atoms with Crippen LogP contribution in [0, 0.1) is 0 Å². The molecule has 1 aliphatic rings. The normalized spacial score (nSPS) is 26.5. The van der Waals surface area contributed by atoms with Crippen LogP contribution in [-0.2, 0) is 9.53 Å². The fourth-order valence-electron chi connectivity index (χ4n) is 1.05. The van der Waals surface area contributed by atoms with E-state index in [2.05, 4.69) is 5.32 Å². The van der Waals surface area contributed by atoms with E-state index in [4.69, 9.17) is 9.84 Å². The Hall–Kier alpha value is -0.680. The number of hydrogen-bond donors (Lipinski definition) is 2. The third-order valence-electron chi connectivity index (χ3n) is 1.68. The van der Waals surface area contributed by atoms with Crippen molar-refractivity contribution in [3.05, 3.63) is 0 Å². The van der Waals surface area contributed by atoms with Crippen molar-refractivity contribution in [2.45, 2.75) is 18.6 Å². The minimum Gasteiger partial charge on any atom is -0.390 e. The summed E-state index contributed by atoms with van der Waals surface area (Å²) in [5, 5.41) is 11.5. The number of rotatable bonds is 3. The molecule has 4 nitrogen and oxygen atoms in total. The molecule has 5 heteroatoms. The van der Waals surface area contributed by atoms with E-state index in [0.717, 1.165) is 0 Å². The van der Waals surface area contributed by atoms with Crippen molar-refractivity contribution in [3.8, 4) is 0 Å². The number of morpholine rings is 1. The summed E-state index contributed by atoms with van der Waals surface area (Å²) in [6.45, 7) is 0.0730. The van der Waals surface area contributed by atoms with Gasteiger partial charge in [-0.2, -0.15) is 0 Å². The first-order chi connectivity index (χ1) is 5.74. The fourth-order valence-corrected chi connectivity index (χ4v) is 1.05. The molecule has 1 aliphatic heterocycles. The highest BCUT2D eigenvalue weighted by molar-refractivity contribution is 5.81. The highest BCUT2D eigenvalue weighted by Gasteiger charge is 2.25. The van der Waals surface area contributed by atoms with Crippen LogP contribution < -0.4 is 5.32 Å². The fraction of sp³-hybridized carbons (Fsp3) is 0.857. The van der Waals surface area contributed by atoms with Gasteiger partial charge in [-0.05, 0) is 0 Å². The van der Waals surface area contributed by atoms with Crippen LogP contribution in [0.4, 0.5) is 4.39 Å². The number of aliphatic hydroxyl groups excluding tert-OH is 1. The predicted octanol–water partition coefficient (Wildman–Crippen LogP) is -0.778. The molecule has 0 bridgehead atoms. The second kappa shape index (κ2) is 4.37. The molecule has 1 heterocycles. The van der Waals surface area contributed by atoms with Gasteiger partial charge in [0, 0.05) is 13.0 Å². The van der Waals surface area contributed by atoms with Crippen LogP contribution >= 0.6 is 0 Å². The van der Waals surface area contributed by atoms with Gasteiger partial charge < -0.3 is 15.2 Å². The summed E-state index contributed by atoms with van der Waals surface area (Å²) >= 11 is 0. The molecule has 1 rings (SSSR count). The summed E-state index contributed by atoms with van der Waals surface area (Å²) < 4.78 is 16.9. The van der Waals surface area contributed by atoms with E-state index in [1.807, 2.05) is 0 Å². The monoisotopic (exact) mass is 177 g/mol. The maximum atomic E-state index is 11.8. The molecule has 2 atom stereocenters. The maximum Gasteiger partial charge on any atom is 0.249 e. The quantitative estimate of drug-likeness (QED) is 0.594. The Labute approximate surface area is 69.7 Å². The van der Waals surface area contributed by atoms with E-state index in [0.29, 0.717) is 13.2 Å². The average molecular weight is 177 g/mol. The van der Waals surface area contributed by atoms with Crippen LogP contribution in [0.15, 0.2) is 0 Å². The molecule has 0 radical (unpaired) electrons. The SMILES string of the molecule is O=C1NCCOC1CC(O)CF. The summed E-state index contributed by atoms with van der Waals surface area (Å²) in [5.74, 6) is -0.270. The molecule has 0 aromatic rings. The molecule has 1 saturated heterocycles. The minimum absolute atomic E-state index is 0.0301. The van der Waals surface area contributed by atoms with Crippen LogP contribution in [0.3, 0.4) is 0 Å². The average Bonchev–Trinajstić information content (AvgIpc) is 2.09. The number of alkyl halides is 1. The van der Waals surface area contributed by atoms with Crippen molar-refractivity contribution in [2.24, 2.45) is 0 Å². The van der Waals surface area contributed by atoms with Gasteiger partial charge in [0.2, 0.25) is 5.91 Å². The largest absolute Gasteiger partial charge is 0.390 e. The summed E-state index contributed by atoms with van der Waals surface area (Å²) in [5.41, 5.74) is 0. The van der Waals surface area contributed by atoms with E-state index in [1.165, 1.54) is 0 Å². The summed E-state index contributed by atoms with van der Waals surface area (Å²) in [6, 6.07) is 0. The van der Waals surface area contributed by atoms with Crippen LogP contribution in [-0.4, -0.2) is 43.0 Å². The van der Waals surface area contributed by atoms with Gasteiger partial charge in [0.25, 0.3) is 0 Å². The lowest BCUT2D eigenvalue weighted by Gasteiger charge is -2.23. The third-order valence-corrected chi connectivity index (χ3v) is 1.68. The van der Waals surface area contributed by atoms with Crippen LogP contribution in [0.2, 0.25) is 0 Å². The number of carbonyl (C=O) groups is 1. The molecule has 0 aromatic carbocycles. The van der Waals surface area contributed by atoms with Gasteiger partial charge in [-0.25, -0.2) is 4.39 Å². The second-order valence-electron chi connectivity index (χ2n) is 2.69. The van der Waals surface area contributed by atoms with Crippen LogP contribution in [0.25, 0.3) is 0 Å². The van der Waals surface area contributed by atoms with Gasteiger partial charge >= 0.3 is 0 Å². The number of halogens is 1. The minimum atomic E-state index is -1.10. The molecular weight excluding hydrogens is 165 g/mol. The molecule has 2 N–H and O–H groups in total. The number of hydrogen-bond acceptors (Lipinski definition) is 3. The lowest BCUT2D eigenvalue weighted by atomic mass is 10.1. The molecule has 1 amide bonds. The smallest absolute Gasteiger partial charge is 0.249 e. The van der Waals surface area contributed by atoms with E-state index in [1.54, 1.807) is 0 Å². The molecule has 1 fully saturated rings. The van der Waals surface area contributed by atoms with Gasteiger partial charge in [0.05, 0.1) is 12.7 Å². The molecule has 2 unspecified atom stereocenters. The number of aliphatic hydroxyl groups is 1. The van der Waals surface area contributed by atoms with E-state index < -0.39 is 18.9 Å². The van der Waals surface area contributed by atoms with Crippen LogP contribution in [0.5, 0.6) is 0 Å². The Kier molecular flexibility index (Phi) is 3.43. The lowest BCUT2D eigenvalue weighted by Crippen LogP contribution is -2.45. The van der Waals surface area contributed by atoms with E-state index in [9.17, 15) is 9.18 Å². The third kappa shape index (κ3) is 2.42. The number of carbonyl (C=O) groups excluding carboxylic acids is 1. The van der Waals surface area contributed by atoms with Gasteiger partial charge in [0.15, 0.2) is 0 Å². The van der Waals surface area contributed by atoms with Crippen molar-refractivity contribution in [1.82, 2.24) is 5.32 Å². The van der Waals surface area contributed by atoms with Crippen molar-refractivity contribution in [1.29, 1.82) is 0 Å². The van der Waals surface area contributed by atoms with Gasteiger partial charge in [-0.1, -0.05) is 0 Å². The zero-order valence-corrected chi connectivity index (χ0v) is 6.62. The Morgan fingerprint density at radius 2 is 2.58 bits per heavy atom. The molecule has 0 saturated carbocycles. The number of ether oxygens (including phenoxy) is 1. The standard InChI is InChI=1S/C7H12FNO3/c8-4-5(10)3-6-7(11)9-1-2-12-6/h5-6,10H,1-4H2,(H,9,11). The number of nitrogens with one attached hydrogen (secondary N) is 1. The Bertz CT molecular complexity index is 165. The predicted molar refractivity (Wildman–Crippen MR) is 39.3 cm³/mol. The Balaban J connectivity index is 2.34. The topological polar surface area (TPSA) is 58.6 Å². The molecule has 0 aliphatic carbocycles. The van der Waals surface area contributed by atoms with Gasteiger partial charge in [0.1, 0.15) is 12.8 Å². The lowest BCUT2D eigenvalue weighted by molar-refractivity contribution is -0.140. The first-order valence-electron chi connectivity index (χ1n) is 3.87. The van der Waals surface area contributed by atoms with Crippen molar-refractivity contribution < 1.29 is 19.0 Å². The molecule has 70 valence electrons. The zero-order chi connectivity index (χ0) is 8.97.